The lowest BCUT2D eigenvalue weighted by atomic mass is 9.91. The van der Waals surface area contributed by atoms with Crippen molar-refractivity contribution in [2.24, 2.45) is 4.99 Å². The van der Waals surface area contributed by atoms with Crippen LogP contribution in [0, 0.1) is 0 Å². The molecule has 0 spiro atoms. The van der Waals surface area contributed by atoms with E-state index < -0.39 is 10.0 Å². The van der Waals surface area contributed by atoms with E-state index in [4.69, 9.17) is 0 Å². The van der Waals surface area contributed by atoms with Gasteiger partial charge in [-0.15, -0.1) is 24.0 Å². The van der Waals surface area contributed by atoms with Gasteiger partial charge in [0.1, 0.15) is 0 Å². The minimum Gasteiger partial charge on any atom is -0.355 e. The molecule has 0 saturated carbocycles. The molecule has 1 saturated heterocycles. The van der Waals surface area contributed by atoms with Gasteiger partial charge >= 0.3 is 0 Å². The first kappa shape index (κ1) is 26.0. The van der Waals surface area contributed by atoms with Crippen molar-refractivity contribution in [3.05, 3.63) is 71.8 Å². The molecule has 0 unspecified atom stereocenters. The van der Waals surface area contributed by atoms with Crippen LogP contribution in [0.3, 0.4) is 0 Å². The number of nitrogens with zero attached hydrogens (tertiary/aromatic N) is 2. The van der Waals surface area contributed by atoms with Crippen molar-refractivity contribution in [3.8, 4) is 0 Å². The van der Waals surface area contributed by atoms with Crippen molar-refractivity contribution in [2.75, 3.05) is 50.5 Å². The molecule has 0 bridgehead atoms. The van der Waals surface area contributed by atoms with Gasteiger partial charge in [-0.3, -0.25) is 4.99 Å². The van der Waals surface area contributed by atoms with Crippen LogP contribution in [0.4, 0.5) is 0 Å². The zero-order valence-electron chi connectivity index (χ0n) is 17.7. The predicted molar refractivity (Wildman–Crippen MR) is 142 cm³/mol. The van der Waals surface area contributed by atoms with E-state index >= 15 is 0 Å². The summed E-state index contributed by atoms with van der Waals surface area (Å²) in [6, 6.07) is 20.7. The molecule has 0 aromatic heterocycles. The minimum absolute atomic E-state index is 0. The number of benzene rings is 2. The molecule has 2 aromatic carbocycles. The van der Waals surface area contributed by atoms with E-state index in [1.54, 1.807) is 23.1 Å². The molecule has 6 nitrogen and oxygen atoms in total. The van der Waals surface area contributed by atoms with Crippen molar-refractivity contribution in [2.45, 2.75) is 5.92 Å². The molecule has 170 valence electrons. The van der Waals surface area contributed by atoms with E-state index in [9.17, 15) is 8.42 Å². The molecule has 0 amide bonds. The molecule has 2 N–H and O–H groups in total. The van der Waals surface area contributed by atoms with Gasteiger partial charge < -0.3 is 10.6 Å². The number of rotatable bonds is 8. The first-order valence-corrected chi connectivity index (χ1v) is 13.0. The molecule has 0 atom stereocenters. The Labute approximate surface area is 207 Å². The second kappa shape index (κ2) is 13.3. The summed E-state index contributed by atoms with van der Waals surface area (Å²) in [5.74, 6) is 2.59. The Kier molecular flexibility index (Phi) is 11.1. The van der Waals surface area contributed by atoms with Gasteiger partial charge in [-0.05, 0) is 11.1 Å². The first-order valence-electron chi connectivity index (χ1n) is 10.2. The van der Waals surface area contributed by atoms with E-state index in [1.807, 2.05) is 36.4 Å². The summed E-state index contributed by atoms with van der Waals surface area (Å²) < 4.78 is 26.6. The second-order valence-corrected chi connectivity index (χ2v) is 10.4. The SMILES string of the molecule is CN=C(NCCS(=O)(=O)N1CCSCC1)NCC(c1ccccc1)c1ccccc1.I. The van der Waals surface area contributed by atoms with Gasteiger partial charge in [-0.2, -0.15) is 11.8 Å². The van der Waals surface area contributed by atoms with Crippen molar-refractivity contribution < 1.29 is 8.42 Å². The Morgan fingerprint density at radius 1 is 1.00 bits per heavy atom. The highest BCUT2D eigenvalue weighted by Gasteiger charge is 2.23. The Hall–Kier alpha value is -1.30. The molecular weight excluding hydrogens is 543 g/mol. The molecule has 1 aliphatic heterocycles. The third kappa shape index (κ3) is 7.96. The summed E-state index contributed by atoms with van der Waals surface area (Å²) in [6.45, 7) is 2.20. The molecule has 2 aromatic rings. The molecule has 3 rings (SSSR count). The maximum atomic E-state index is 12.5. The molecular formula is C22H31IN4O2S2. The molecule has 1 fully saturated rings. The zero-order chi connectivity index (χ0) is 21.2. The molecule has 9 heteroatoms. The highest BCUT2D eigenvalue weighted by molar-refractivity contribution is 14.0. The average Bonchev–Trinajstić information content (AvgIpc) is 2.80. The molecule has 1 heterocycles. The van der Waals surface area contributed by atoms with Gasteiger partial charge in [0.05, 0.1) is 5.75 Å². The lowest BCUT2D eigenvalue weighted by molar-refractivity contribution is 0.443. The maximum Gasteiger partial charge on any atom is 0.215 e. The summed E-state index contributed by atoms with van der Waals surface area (Å²) in [5.41, 5.74) is 2.44. The van der Waals surface area contributed by atoms with Gasteiger partial charge in [0.2, 0.25) is 10.0 Å². The Morgan fingerprint density at radius 2 is 1.55 bits per heavy atom. The monoisotopic (exact) mass is 574 g/mol. The van der Waals surface area contributed by atoms with E-state index in [0.717, 1.165) is 11.5 Å². The Morgan fingerprint density at radius 3 is 2.06 bits per heavy atom. The standard InChI is InChI=1S/C22H30N4O2S2.HI/c1-23-22(24-12-17-30(27,28)26-13-15-29-16-14-26)25-18-21(19-8-4-2-5-9-19)20-10-6-3-7-11-20;/h2-11,21H,12-18H2,1H3,(H2,23,24,25);1H. The quantitative estimate of drug-likeness (QED) is 0.288. The van der Waals surface area contributed by atoms with Gasteiger partial charge in [-0.25, -0.2) is 12.7 Å². The van der Waals surface area contributed by atoms with Crippen LogP contribution in [0.15, 0.2) is 65.7 Å². The van der Waals surface area contributed by atoms with E-state index in [2.05, 4.69) is 39.9 Å². The average molecular weight is 575 g/mol. The number of hydrogen-bond donors (Lipinski definition) is 2. The van der Waals surface area contributed by atoms with Crippen molar-refractivity contribution in [1.29, 1.82) is 0 Å². The summed E-state index contributed by atoms with van der Waals surface area (Å²) in [4.78, 5) is 4.26. The lowest BCUT2D eigenvalue weighted by Gasteiger charge is -2.26. The number of hydrogen-bond acceptors (Lipinski definition) is 4. The highest BCUT2D eigenvalue weighted by atomic mass is 127. The summed E-state index contributed by atoms with van der Waals surface area (Å²) in [6.07, 6.45) is 0. The van der Waals surface area contributed by atoms with E-state index in [0.29, 0.717) is 32.1 Å². The molecule has 31 heavy (non-hydrogen) atoms. The summed E-state index contributed by atoms with van der Waals surface area (Å²) in [5, 5.41) is 6.51. The highest BCUT2D eigenvalue weighted by Crippen LogP contribution is 2.23. The maximum absolute atomic E-state index is 12.5. The lowest BCUT2D eigenvalue weighted by Crippen LogP contribution is -2.44. The second-order valence-electron chi connectivity index (χ2n) is 7.08. The predicted octanol–water partition coefficient (Wildman–Crippen LogP) is 2.98. The van der Waals surface area contributed by atoms with Crippen LogP contribution in [-0.2, 0) is 10.0 Å². The number of aliphatic imine (C=N–C) groups is 1. The third-order valence-electron chi connectivity index (χ3n) is 5.12. The van der Waals surface area contributed by atoms with Gasteiger partial charge in [0, 0.05) is 50.7 Å². The normalized spacial score (nSPS) is 15.4. The number of guanidine groups is 1. The zero-order valence-corrected chi connectivity index (χ0v) is 21.7. The van der Waals surface area contributed by atoms with Crippen LogP contribution >= 0.6 is 35.7 Å². The minimum atomic E-state index is -3.23. The molecule has 1 aliphatic rings. The largest absolute Gasteiger partial charge is 0.355 e. The van der Waals surface area contributed by atoms with Crippen molar-refractivity contribution in [3.63, 3.8) is 0 Å². The number of thioether (sulfide) groups is 1. The number of halogens is 1. The van der Waals surface area contributed by atoms with Crippen LogP contribution in [0.2, 0.25) is 0 Å². The fraction of sp³-hybridized carbons (Fsp3) is 0.409. The van der Waals surface area contributed by atoms with Crippen LogP contribution in [0.1, 0.15) is 17.0 Å². The smallest absolute Gasteiger partial charge is 0.215 e. The summed E-state index contributed by atoms with van der Waals surface area (Å²) in [7, 11) is -1.53. The Balaban J connectivity index is 0.00000341. The van der Waals surface area contributed by atoms with Gasteiger partial charge in [-0.1, -0.05) is 60.7 Å². The molecule has 0 radical (unpaired) electrons. The van der Waals surface area contributed by atoms with Crippen LogP contribution in [-0.4, -0.2) is 69.2 Å². The Bertz CT molecular complexity index is 866. The third-order valence-corrected chi connectivity index (χ3v) is 7.93. The van der Waals surface area contributed by atoms with Gasteiger partial charge in [0.15, 0.2) is 5.96 Å². The van der Waals surface area contributed by atoms with Crippen molar-refractivity contribution >= 4 is 51.7 Å². The number of sulfonamides is 1. The molecule has 0 aliphatic carbocycles. The van der Waals surface area contributed by atoms with Gasteiger partial charge in [0.25, 0.3) is 0 Å². The van der Waals surface area contributed by atoms with Crippen LogP contribution < -0.4 is 10.6 Å². The van der Waals surface area contributed by atoms with Crippen LogP contribution in [0.5, 0.6) is 0 Å². The van der Waals surface area contributed by atoms with E-state index in [1.165, 1.54) is 11.1 Å². The topological polar surface area (TPSA) is 73.8 Å². The van der Waals surface area contributed by atoms with Crippen LogP contribution in [0.25, 0.3) is 0 Å². The fourth-order valence-electron chi connectivity index (χ4n) is 3.47. The van der Waals surface area contributed by atoms with E-state index in [-0.39, 0.29) is 35.6 Å². The first-order chi connectivity index (χ1) is 14.6. The summed E-state index contributed by atoms with van der Waals surface area (Å²) >= 11 is 1.80. The fourth-order valence-corrected chi connectivity index (χ4v) is 5.96. The number of nitrogens with one attached hydrogen (secondary N) is 2. The van der Waals surface area contributed by atoms with Crippen molar-refractivity contribution in [1.82, 2.24) is 14.9 Å².